The summed E-state index contributed by atoms with van der Waals surface area (Å²) in [6.45, 7) is 6.29. The molecule has 4 nitrogen and oxygen atoms in total. The molecule has 1 atom stereocenters. The van der Waals surface area contributed by atoms with Gasteiger partial charge < -0.3 is 9.67 Å². The molecule has 0 bridgehead atoms. The molecule has 0 spiro atoms. The molecule has 118 valence electrons. The molecule has 3 aromatic rings. The molecule has 4 heteroatoms. The predicted octanol–water partition coefficient (Wildman–Crippen LogP) is 3.85. The van der Waals surface area contributed by atoms with Crippen LogP contribution in [0.5, 0.6) is 5.75 Å². The van der Waals surface area contributed by atoms with E-state index in [-0.39, 0.29) is 6.04 Å². The Bertz CT molecular complexity index is 911. The molecule has 0 amide bonds. The zero-order valence-corrected chi connectivity index (χ0v) is 13.8. The fourth-order valence-corrected chi connectivity index (χ4v) is 3.85. The monoisotopic (exact) mass is 307 g/mol. The number of rotatable bonds is 2. The van der Waals surface area contributed by atoms with Crippen molar-refractivity contribution in [3.8, 4) is 5.75 Å². The summed E-state index contributed by atoms with van der Waals surface area (Å²) >= 11 is 0. The molecule has 0 radical (unpaired) electrons. The molecule has 0 aliphatic heterocycles. The lowest BCUT2D eigenvalue weighted by molar-refractivity contribution is 0.474. The standard InChI is InChI=1S/C19H21N3O/c1-4-17-21-18-11(2)9-12(3)20-19(18)22(17)16-8-5-13-10-14(23)6-7-15(13)16/h6-7,9-10,16,23H,4-5,8H2,1-3H3. The minimum absolute atomic E-state index is 0.263. The number of phenolic OH excluding ortho intramolecular Hbond substituents is 1. The van der Waals surface area contributed by atoms with E-state index in [1.165, 1.54) is 16.7 Å². The van der Waals surface area contributed by atoms with Gasteiger partial charge in [0.05, 0.1) is 6.04 Å². The summed E-state index contributed by atoms with van der Waals surface area (Å²) in [6.07, 6.45) is 2.91. The van der Waals surface area contributed by atoms with Gasteiger partial charge in [-0.25, -0.2) is 9.97 Å². The second-order valence-corrected chi connectivity index (χ2v) is 6.44. The van der Waals surface area contributed by atoms with Gasteiger partial charge in [-0.2, -0.15) is 0 Å². The molecular formula is C19H21N3O. The molecule has 1 N–H and O–H groups in total. The van der Waals surface area contributed by atoms with E-state index < -0.39 is 0 Å². The number of nitrogens with zero attached hydrogens (tertiary/aromatic N) is 3. The molecule has 1 aliphatic carbocycles. The van der Waals surface area contributed by atoms with Crippen molar-refractivity contribution >= 4 is 11.2 Å². The third-order valence-corrected chi connectivity index (χ3v) is 4.84. The normalized spacial score (nSPS) is 16.9. The first-order valence-electron chi connectivity index (χ1n) is 8.25. The molecule has 1 aromatic carbocycles. The second kappa shape index (κ2) is 5.08. The van der Waals surface area contributed by atoms with Crippen LogP contribution in [0.15, 0.2) is 24.3 Å². The van der Waals surface area contributed by atoms with Gasteiger partial charge in [-0.3, -0.25) is 0 Å². The number of hydrogen-bond acceptors (Lipinski definition) is 3. The first kappa shape index (κ1) is 14.2. The van der Waals surface area contributed by atoms with Crippen LogP contribution in [0.1, 0.15) is 47.6 Å². The molecule has 4 rings (SSSR count). The van der Waals surface area contributed by atoms with Gasteiger partial charge in [0.25, 0.3) is 0 Å². The molecule has 1 unspecified atom stereocenters. The molecule has 2 aromatic heterocycles. The molecule has 0 fully saturated rings. The SMILES string of the molecule is CCc1nc2c(C)cc(C)nc2n1C1CCc2cc(O)ccc21. The summed E-state index contributed by atoms with van der Waals surface area (Å²) in [6, 6.07) is 8.09. The summed E-state index contributed by atoms with van der Waals surface area (Å²) < 4.78 is 2.32. The minimum atomic E-state index is 0.263. The van der Waals surface area contributed by atoms with Crippen molar-refractivity contribution in [3.05, 3.63) is 52.5 Å². The summed E-state index contributed by atoms with van der Waals surface area (Å²) in [5, 5.41) is 9.73. The zero-order valence-electron chi connectivity index (χ0n) is 13.8. The number of aryl methyl sites for hydroxylation is 4. The van der Waals surface area contributed by atoms with Crippen LogP contribution in [0, 0.1) is 13.8 Å². The van der Waals surface area contributed by atoms with Crippen LogP contribution in [-0.2, 0) is 12.8 Å². The average molecular weight is 307 g/mol. The van der Waals surface area contributed by atoms with Crippen molar-refractivity contribution in [1.29, 1.82) is 0 Å². The maximum absolute atomic E-state index is 9.73. The van der Waals surface area contributed by atoms with Gasteiger partial charge in [-0.05, 0) is 61.6 Å². The van der Waals surface area contributed by atoms with Crippen molar-refractivity contribution in [3.63, 3.8) is 0 Å². The zero-order chi connectivity index (χ0) is 16.1. The van der Waals surface area contributed by atoms with Crippen LogP contribution < -0.4 is 0 Å². The van der Waals surface area contributed by atoms with Crippen LogP contribution in [0.2, 0.25) is 0 Å². The first-order valence-corrected chi connectivity index (χ1v) is 8.25. The number of benzene rings is 1. The number of aromatic nitrogens is 3. The second-order valence-electron chi connectivity index (χ2n) is 6.44. The topological polar surface area (TPSA) is 50.9 Å². The van der Waals surface area contributed by atoms with E-state index in [0.29, 0.717) is 5.75 Å². The maximum Gasteiger partial charge on any atom is 0.161 e. The number of aromatic hydroxyl groups is 1. The molecule has 23 heavy (non-hydrogen) atoms. The Morgan fingerprint density at radius 2 is 2.04 bits per heavy atom. The highest BCUT2D eigenvalue weighted by molar-refractivity contribution is 5.76. The van der Waals surface area contributed by atoms with Crippen molar-refractivity contribution < 1.29 is 5.11 Å². The van der Waals surface area contributed by atoms with E-state index in [2.05, 4.69) is 30.5 Å². The third-order valence-electron chi connectivity index (χ3n) is 4.84. The van der Waals surface area contributed by atoms with E-state index in [4.69, 9.17) is 9.97 Å². The highest BCUT2D eigenvalue weighted by atomic mass is 16.3. The largest absolute Gasteiger partial charge is 0.508 e. The fourth-order valence-electron chi connectivity index (χ4n) is 3.85. The van der Waals surface area contributed by atoms with Crippen LogP contribution in [0.4, 0.5) is 0 Å². The van der Waals surface area contributed by atoms with E-state index in [9.17, 15) is 5.11 Å². The van der Waals surface area contributed by atoms with E-state index in [0.717, 1.165) is 41.9 Å². The Balaban J connectivity index is 1.97. The van der Waals surface area contributed by atoms with Gasteiger partial charge in [0.2, 0.25) is 0 Å². The van der Waals surface area contributed by atoms with E-state index in [1.807, 2.05) is 13.0 Å². The number of phenols is 1. The smallest absolute Gasteiger partial charge is 0.161 e. The van der Waals surface area contributed by atoms with Gasteiger partial charge >= 0.3 is 0 Å². The van der Waals surface area contributed by atoms with Crippen molar-refractivity contribution in [2.75, 3.05) is 0 Å². The summed E-state index contributed by atoms with van der Waals surface area (Å²) in [7, 11) is 0. The molecule has 0 saturated carbocycles. The number of pyridine rings is 1. The summed E-state index contributed by atoms with van der Waals surface area (Å²) in [4.78, 5) is 9.65. The van der Waals surface area contributed by atoms with Crippen LogP contribution in [-0.4, -0.2) is 19.6 Å². The Labute approximate surface area is 135 Å². The van der Waals surface area contributed by atoms with Crippen molar-refractivity contribution in [1.82, 2.24) is 14.5 Å². The first-order chi connectivity index (χ1) is 11.1. The Morgan fingerprint density at radius 1 is 1.22 bits per heavy atom. The summed E-state index contributed by atoms with van der Waals surface area (Å²) in [5.41, 5.74) is 6.75. The van der Waals surface area contributed by atoms with Crippen LogP contribution in [0.3, 0.4) is 0 Å². The lowest BCUT2D eigenvalue weighted by atomic mass is 10.1. The van der Waals surface area contributed by atoms with Gasteiger partial charge in [-0.1, -0.05) is 13.0 Å². The quantitative estimate of drug-likeness (QED) is 0.782. The van der Waals surface area contributed by atoms with E-state index >= 15 is 0 Å². The highest BCUT2D eigenvalue weighted by Gasteiger charge is 2.28. The van der Waals surface area contributed by atoms with Gasteiger partial charge in [-0.15, -0.1) is 0 Å². The molecule has 2 heterocycles. The highest BCUT2D eigenvalue weighted by Crippen LogP contribution is 2.38. The number of hydrogen-bond donors (Lipinski definition) is 1. The fraction of sp³-hybridized carbons (Fsp3) is 0.368. The number of fused-ring (bicyclic) bond motifs is 2. The van der Waals surface area contributed by atoms with Crippen molar-refractivity contribution in [2.45, 2.75) is 46.1 Å². The van der Waals surface area contributed by atoms with Gasteiger partial charge in [0.15, 0.2) is 5.65 Å². The Morgan fingerprint density at radius 3 is 2.83 bits per heavy atom. The number of imidazole rings is 1. The minimum Gasteiger partial charge on any atom is -0.508 e. The van der Waals surface area contributed by atoms with Gasteiger partial charge in [0, 0.05) is 12.1 Å². The average Bonchev–Trinajstić information content (AvgIpc) is 3.07. The summed E-state index contributed by atoms with van der Waals surface area (Å²) in [5.74, 6) is 1.44. The van der Waals surface area contributed by atoms with Crippen molar-refractivity contribution in [2.24, 2.45) is 0 Å². The third kappa shape index (κ3) is 2.12. The lowest BCUT2D eigenvalue weighted by Gasteiger charge is -2.17. The molecule has 1 aliphatic rings. The van der Waals surface area contributed by atoms with Gasteiger partial charge in [0.1, 0.15) is 17.1 Å². The maximum atomic E-state index is 9.73. The predicted molar refractivity (Wildman–Crippen MR) is 90.9 cm³/mol. The van der Waals surface area contributed by atoms with E-state index in [1.54, 1.807) is 6.07 Å². The van der Waals surface area contributed by atoms with Crippen LogP contribution in [0.25, 0.3) is 11.2 Å². The Hall–Kier alpha value is -2.36. The molecular weight excluding hydrogens is 286 g/mol. The Kier molecular flexibility index (Phi) is 3.15. The van der Waals surface area contributed by atoms with Crippen LogP contribution >= 0.6 is 0 Å². The molecule has 0 saturated heterocycles. The lowest BCUT2D eigenvalue weighted by Crippen LogP contribution is -2.11.